The van der Waals surface area contributed by atoms with E-state index in [0.29, 0.717) is 5.92 Å². The Balaban J connectivity index is 1.62. The average molecular weight is 364 g/mol. The van der Waals surface area contributed by atoms with Crippen molar-refractivity contribution in [2.24, 2.45) is 4.99 Å². The molecule has 1 aliphatic heterocycles. The molecule has 4 rings (SSSR count). The van der Waals surface area contributed by atoms with E-state index in [2.05, 4.69) is 28.3 Å². The lowest BCUT2D eigenvalue weighted by atomic mass is 9.92. The predicted molar refractivity (Wildman–Crippen MR) is 110 cm³/mol. The van der Waals surface area contributed by atoms with Gasteiger partial charge in [0.05, 0.1) is 18.5 Å². The first-order valence-corrected chi connectivity index (χ1v) is 10.2. The van der Waals surface area contributed by atoms with Gasteiger partial charge in [0, 0.05) is 30.1 Å². The van der Waals surface area contributed by atoms with Crippen molar-refractivity contribution in [3.8, 4) is 0 Å². The molecule has 0 saturated carbocycles. The van der Waals surface area contributed by atoms with E-state index >= 15 is 0 Å². The molecular formula is C23H29N3O. The highest BCUT2D eigenvalue weighted by molar-refractivity contribution is 6.10. The second-order valence-corrected chi connectivity index (χ2v) is 7.57. The molecule has 3 heterocycles. The van der Waals surface area contributed by atoms with E-state index in [4.69, 9.17) is 9.73 Å². The van der Waals surface area contributed by atoms with Crippen molar-refractivity contribution < 1.29 is 4.74 Å². The number of methoxy groups -OCH3 is 1. The highest BCUT2D eigenvalue weighted by Gasteiger charge is 2.20. The van der Waals surface area contributed by atoms with E-state index < -0.39 is 0 Å². The maximum Gasteiger partial charge on any atom is 0.146 e. The van der Waals surface area contributed by atoms with Crippen LogP contribution in [0.15, 0.2) is 59.2 Å². The summed E-state index contributed by atoms with van der Waals surface area (Å²) in [6.07, 6.45) is 18.7. The topological polar surface area (TPSA) is 53.2 Å². The van der Waals surface area contributed by atoms with Gasteiger partial charge >= 0.3 is 0 Å². The molecule has 4 heteroatoms. The molecule has 142 valence electrons. The lowest BCUT2D eigenvalue weighted by molar-refractivity contribution is 0.302. The summed E-state index contributed by atoms with van der Waals surface area (Å²) < 4.78 is 5.62. The van der Waals surface area contributed by atoms with Gasteiger partial charge < -0.3 is 14.7 Å². The molecule has 1 unspecified atom stereocenters. The van der Waals surface area contributed by atoms with Gasteiger partial charge in [-0.15, -0.1) is 0 Å². The Morgan fingerprint density at radius 1 is 1.11 bits per heavy atom. The maximum atomic E-state index is 5.62. The number of H-pyrrole nitrogens is 2. The van der Waals surface area contributed by atoms with E-state index in [1.807, 2.05) is 24.4 Å². The van der Waals surface area contributed by atoms with Gasteiger partial charge in [-0.25, -0.2) is 4.99 Å². The van der Waals surface area contributed by atoms with Gasteiger partial charge in [0.2, 0.25) is 0 Å². The van der Waals surface area contributed by atoms with Crippen molar-refractivity contribution >= 4 is 5.71 Å². The third-order valence-electron chi connectivity index (χ3n) is 5.62. The van der Waals surface area contributed by atoms with Crippen molar-refractivity contribution in [3.05, 3.63) is 71.2 Å². The molecule has 2 bridgehead atoms. The Morgan fingerprint density at radius 3 is 2.78 bits per heavy atom. The molecule has 2 aliphatic rings. The Morgan fingerprint density at radius 2 is 1.96 bits per heavy atom. The number of nitrogens with zero attached hydrogens (tertiary/aromatic N) is 1. The molecule has 0 fully saturated rings. The minimum atomic E-state index is 0.370. The van der Waals surface area contributed by atoms with E-state index in [9.17, 15) is 0 Å². The molecule has 0 spiro atoms. The number of aromatic amines is 2. The Hall–Kier alpha value is -2.49. The summed E-state index contributed by atoms with van der Waals surface area (Å²) >= 11 is 0. The van der Waals surface area contributed by atoms with Crippen LogP contribution in [0.25, 0.3) is 0 Å². The molecule has 2 aromatic rings. The summed E-state index contributed by atoms with van der Waals surface area (Å²) in [6.45, 7) is 0. The van der Waals surface area contributed by atoms with E-state index in [0.717, 1.165) is 35.7 Å². The normalized spacial score (nSPS) is 22.7. The smallest absolute Gasteiger partial charge is 0.146 e. The summed E-state index contributed by atoms with van der Waals surface area (Å²) in [5.74, 6) is 1.22. The second kappa shape index (κ2) is 8.47. The monoisotopic (exact) mass is 363 g/mol. The quantitative estimate of drug-likeness (QED) is 0.729. The average Bonchev–Trinajstić information content (AvgIpc) is 3.42. The zero-order valence-electron chi connectivity index (χ0n) is 16.1. The van der Waals surface area contributed by atoms with Crippen LogP contribution in [0, 0.1) is 0 Å². The summed E-state index contributed by atoms with van der Waals surface area (Å²) in [5, 5.41) is 0. The van der Waals surface area contributed by atoms with Gasteiger partial charge in [-0.1, -0.05) is 32.1 Å². The highest BCUT2D eigenvalue weighted by atomic mass is 16.5. The number of aryl methyl sites for hydroxylation is 1. The van der Waals surface area contributed by atoms with Gasteiger partial charge in [0.25, 0.3) is 0 Å². The molecule has 27 heavy (non-hydrogen) atoms. The zero-order valence-corrected chi connectivity index (χ0v) is 16.1. The number of ether oxygens (including phenoxy) is 1. The summed E-state index contributed by atoms with van der Waals surface area (Å²) in [7, 11) is 1.72. The number of rotatable bonds is 3. The van der Waals surface area contributed by atoms with Crippen LogP contribution >= 0.6 is 0 Å². The SMILES string of the molecule is COC1=CC(c2ccc[nH]2)=N/C1=C/C1CCCCCCCCc2cc1c[nH]2. The van der Waals surface area contributed by atoms with Crippen LogP contribution in [0.2, 0.25) is 0 Å². The largest absolute Gasteiger partial charge is 0.494 e. The van der Waals surface area contributed by atoms with Crippen molar-refractivity contribution in [1.29, 1.82) is 0 Å². The highest BCUT2D eigenvalue weighted by Crippen LogP contribution is 2.31. The van der Waals surface area contributed by atoms with Crippen LogP contribution in [0.4, 0.5) is 0 Å². The molecule has 2 N–H and O–H groups in total. The first kappa shape index (κ1) is 17.9. The summed E-state index contributed by atoms with van der Waals surface area (Å²) in [6, 6.07) is 6.39. The molecule has 2 aromatic heterocycles. The lowest BCUT2D eigenvalue weighted by Gasteiger charge is -2.13. The van der Waals surface area contributed by atoms with Gasteiger partial charge in [-0.2, -0.15) is 0 Å². The first-order valence-electron chi connectivity index (χ1n) is 10.2. The maximum absolute atomic E-state index is 5.62. The number of hydrogen-bond donors (Lipinski definition) is 2. The number of hydrogen-bond acceptors (Lipinski definition) is 2. The van der Waals surface area contributed by atoms with E-state index in [1.54, 1.807) is 7.11 Å². The number of nitrogens with one attached hydrogen (secondary N) is 2. The molecule has 0 amide bonds. The molecule has 4 nitrogen and oxygen atoms in total. The van der Waals surface area contributed by atoms with Crippen molar-refractivity contribution in [2.45, 2.75) is 57.3 Å². The molecule has 0 radical (unpaired) electrons. The van der Waals surface area contributed by atoms with Crippen LogP contribution in [-0.2, 0) is 11.2 Å². The Labute approximate surface area is 161 Å². The minimum Gasteiger partial charge on any atom is -0.494 e. The minimum absolute atomic E-state index is 0.370. The van der Waals surface area contributed by atoms with Crippen LogP contribution in [0.5, 0.6) is 0 Å². The third kappa shape index (κ3) is 4.26. The van der Waals surface area contributed by atoms with Crippen molar-refractivity contribution in [1.82, 2.24) is 9.97 Å². The Bertz CT molecular complexity index is 839. The second-order valence-electron chi connectivity index (χ2n) is 7.57. The molecule has 0 saturated heterocycles. The third-order valence-corrected chi connectivity index (χ3v) is 5.62. The van der Waals surface area contributed by atoms with Crippen LogP contribution in [0.1, 0.15) is 67.8 Å². The number of allylic oxidation sites excluding steroid dienone is 2. The van der Waals surface area contributed by atoms with Crippen LogP contribution in [-0.4, -0.2) is 22.8 Å². The van der Waals surface area contributed by atoms with Crippen LogP contribution in [0.3, 0.4) is 0 Å². The lowest BCUT2D eigenvalue weighted by Crippen LogP contribution is -1.98. The van der Waals surface area contributed by atoms with Crippen molar-refractivity contribution in [3.63, 3.8) is 0 Å². The van der Waals surface area contributed by atoms with E-state index in [-0.39, 0.29) is 0 Å². The Kier molecular flexibility index (Phi) is 5.61. The molecule has 1 aliphatic carbocycles. The zero-order chi connectivity index (χ0) is 18.5. The number of aromatic nitrogens is 2. The number of fused-ring (bicyclic) bond motifs is 2. The van der Waals surface area contributed by atoms with Crippen molar-refractivity contribution in [2.75, 3.05) is 7.11 Å². The summed E-state index contributed by atoms with van der Waals surface area (Å²) in [5.41, 5.74) is 5.64. The fourth-order valence-corrected chi connectivity index (χ4v) is 4.07. The first-order chi connectivity index (χ1) is 13.3. The fourth-order valence-electron chi connectivity index (χ4n) is 4.07. The predicted octanol–water partition coefficient (Wildman–Crippen LogP) is 5.63. The van der Waals surface area contributed by atoms with Gasteiger partial charge in [-0.3, -0.25) is 0 Å². The summed E-state index contributed by atoms with van der Waals surface area (Å²) in [4.78, 5) is 11.6. The number of aliphatic imine (C=N–C) groups is 1. The molecule has 0 aromatic carbocycles. The molecule has 1 atom stereocenters. The van der Waals surface area contributed by atoms with Gasteiger partial charge in [0.15, 0.2) is 0 Å². The van der Waals surface area contributed by atoms with Crippen LogP contribution < -0.4 is 0 Å². The van der Waals surface area contributed by atoms with E-state index in [1.165, 1.54) is 49.8 Å². The standard InChI is InChI=1S/C23H29N3O/c1-27-23-15-21(20-11-8-12-24-20)26-22(23)14-17-9-6-4-2-3-5-7-10-19-13-18(17)16-25-19/h8,11-17,24-25H,2-7,9-10H2,1H3/b22-14+. The fraction of sp³-hybridized carbons (Fsp3) is 0.435. The van der Waals surface area contributed by atoms with Gasteiger partial charge in [0.1, 0.15) is 11.5 Å². The van der Waals surface area contributed by atoms with Gasteiger partial charge in [-0.05, 0) is 49.1 Å². The molecular weight excluding hydrogens is 334 g/mol.